The van der Waals surface area contributed by atoms with Gasteiger partial charge in [-0.2, -0.15) is 4.31 Å². The Hall–Kier alpha value is -2.25. The first-order valence-corrected chi connectivity index (χ1v) is 9.68. The molecule has 1 saturated heterocycles. The second-order valence-electron chi connectivity index (χ2n) is 6.10. The van der Waals surface area contributed by atoms with E-state index in [-0.39, 0.29) is 5.91 Å². The van der Waals surface area contributed by atoms with Crippen molar-refractivity contribution in [3.05, 3.63) is 59.9 Å². The second kappa shape index (κ2) is 7.33. The highest BCUT2D eigenvalue weighted by molar-refractivity contribution is 7.89. The van der Waals surface area contributed by atoms with Gasteiger partial charge in [0.15, 0.2) is 0 Å². The third-order valence-electron chi connectivity index (χ3n) is 4.31. The summed E-state index contributed by atoms with van der Waals surface area (Å²) in [6, 6.07) is 10.3. The van der Waals surface area contributed by atoms with Gasteiger partial charge >= 0.3 is 0 Å². The molecule has 0 bridgehead atoms. The second-order valence-corrected chi connectivity index (χ2v) is 8.04. The molecule has 1 fully saturated rings. The van der Waals surface area contributed by atoms with Gasteiger partial charge in [0, 0.05) is 38.6 Å². The number of pyridine rings is 1. The van der Waals surface area contributed by atoms with E-state index in [1.165, 1.54) is 10.5 Å². The van der Waals surface area contributed by atoms with Crippen LogP contribution in [0.15, 0.2) is 53.7 Å². The third-order valence-corrected chi connectivity index (χ3v) is 6.22. The Balaban J connectivity index is 1.73. The van der Waals surface area contributed by atoms with Gasteiger partial charge in [0.2, 0.25) is 10.0 Å². The minimum Gasteiger partial charge on any atom is -0.337 e. The molecule has 2 heterocycles. The zero-order valence-electron chi connectivity index (χ0n) is 14.1. The fourth-order valence-electron chi connectivity index (χ4n) is 2.87. The maximum Gasteiger partial charge on any atom is 0.255 e. The molecular formula is C18H21N3O3S. The van der Waals surface area contributed by atoms with Crippen LogP contribution in [0.4, 0.5) is 0 Å². The summed E-state index contributed by atoms with van der Waals surface area (Å²) in [4.78, 5) is 18.5. The fourth-order valence-corrected chi connectivity index (χ4v) is 4.34. The van der Waals surface area contributed by atoms with E-state index < -0.39 is 10.0 Å². The van der Waals surface area contributed by atoms with Crippen LogP contribution in [0.2, 0.25) is 0 Å². The van der Waals surface area contributed by atoms with Crippen LogP contribution >= 0.6 is 0 Å². The highest BCUT2D eigenvalue weighted by Gasteiger charge is 2.28. The van der Waals surface area contributed by atoms with E-state index in [1.54, 1.807) is 47.5 Å². The van der Waals surface area contributed by atoms with Crippen LogP contribution in [0.5, 0.6) is 0 Å². The summed E-state index contributed by atoms with van der Waals surface area (Å²) in [5, 5.41) is 0. The number of sulfonamides is 1. The SMILES string of the molecule is Cc1ccc(S(=O)(=O)N2CCCN(C(=O)c3cccnc3)CC2)cc1. The molecule has 2 aromatic rings. The maximum atomic E-state index is 12.8. The lowest BCUT2D eigenvalue weighted by Crippen LogP contribution is -2.37. The molecule has 0 saturated carbocycles. The van der Waals surface area contributed by atoms with Crippen molar-refractivity contribution in [3.8, 4) is 0 Å². The molecule has 0 aliphatic carbocycles. The van der Waals surface area contributed by atoms with E-state index >= 15 is 0 Å². The van der Waals surface area contributed by atoms with Crippen LogP contribution in [0.3, 0.4) is 0 Å². The van der Waals surface area contributed by atoms with E-state index in [4.69, 9.17) is 0 Å². The Labute approximate surface area is 148 Å². The van der Waals surface area contributed by atoms with Crippen LogP contribution in [0, 0.1) is 6.92 Å². The largest absolute Gasteiger partial charge is 0.337 e. The average Bonchev–Trinajstić information content (AvgIpc) is 2.89. The lowest BCUT2D eigenvalue weighted by molar-refractivity contribution is 0.0764. The number of benzene rings is 1. The molecular weight excluding hydrogens is 338 g/mol. The summed E-state index contributed by atoms with van der Waals surface area (Å²) in [6.45, 7) is 3.53. The van der Waals surface area contributed by atoms with Crippen LogP contribution in [0.1, 0.15) is 22.3 Å². The monoisotopic (exact) mass is 359 g/mol. The summed E-state index contributed by atoms with van der Waals surface area (Å²) >= 11 is 0. The van der Waals surface area contributed by atoms with Crippen molar-refractivity contribution in [1.82, 2.24) is 14.2 Å². The van der Waals surface area contributed by atoms with Crippen molar-refractivity contribution in [1.29, 1.82) is 0 Å². The Morgan fingerprint density at radius 1 is 1.04 bits per heavy atom. The number of aryl methyl sites for hydroxylation is 1. The van der Waals surface area contributed by atoms with E-state index in [9.17, 15) is 13.2 Å². The van der Waals surface area contributed by atoms with E-state index in [1.807, 2.05) is 6.92 Å². The van der Waals surface area contributed by atoms with Gasteiger partial charge in [0.05, 0.1) is 10.5 Å². The first-order chi connectivity index (χ1) is 12.0. The van der Waals surface area contributed by atoms with Crippen molar-refractivity contribution in [2.75, 3.05) is 26.2 Å². The number of carbonyl (C=O) groups is 1. The van der Waals surface area contributed by atoms with Gasteiger partial charge in [-0.15, -0.1) is 0 Å². The molecule has 0 atom stereocenters. The van der Waals surface area contributed by atoms with Crippen LogP contribution in [-0.4, -0.2) is 54.7 Å². The average molecular weight is 359 g/mol. The first kappa shape index (κ1) is 17.6. The summed E-state index contributed by atoms with van der Waals surface area (Å²) in [5.41, 5.74) is 1.54. The Bertz CT molecular complexity index is 836. The number of aromatic nitrogens is 1. The van der Waals surface area contributed by atoms with Gasteiger partial charge in [0.1, 0.15) is 0 Å². The molecule has 1 aliphatic heterocycles. The van der Waals surface area contributed by atoms with Crippen molar-refractivity contribution in [2.45, 2.75) is 18.2 Å². The van der Waals surface area contributed by atoms with E-state index in [2.05, 4.69) is 4.98 Å². The zero-order valence-corrected chi connectivity index (χ0v) is 14.9. The Morgan fingerprint density at radius 3 is 2.48 bits per heavy atom. The number of nitrogens with zero attached hydrogens (tertiary/aromatic N) is 3. The molecule has 1 amide bonds. The van der Waals surface area contributed by atoms with Crippen molar-refractivity contribution < 1.29 is 13.2 Å². The predicted octanol–water partition coefficient (Wildman–Crippen LogP) is 1.93. The number of carbonyl (C=O) groups excluding carboxylic acids is 1. The fraction of sp³-hybridized carbons (Fsp3) is 0.333. The standard InChI is InChI=1S/C18H21N3O3S/c1-15-5-7-17(8-6-15)25(23,24)21-11-3-10-20(12-13-21)18(22)16-4-2-9-19-14-16/h2,4-9,14H,3,10-13H2,1H3. The molecule has 0 spiro atoms. The molecule has 0 unspecified atom stereocenters. The smallest absolute Gasteiger partial charge is 0.255 e. The van der Waals surface area contributed by atoms with Crippen LogP contribution in [0.25, 0.3) is 0 Å². The number of hydrogen-bond acceptors (Lipinski definition) is 4. The summed E-state index contributed by atoms with van der Waals surface area (Å²) in [7, 11) is -3.53. The van der Waals surface area contributed by atoms with E-state index in [0.717, 1.165) is 5.56 Å². The molecule has 1 aliphatic rings. The number of hydrogen-bond donors (Lipinski definition) is 0. The lowest BCUT2D eigenvalue weighted by Gasteiger charge is -2.22. The summed E-state index contributed by atoms with van der Waals surface area (Å²) in [6.07, 6.45) is 3.76. The molecule has 3 rings (SSSR count). The topological polar surface area (TPSA) is 70.6 Å². The Morgan fingerprint density at radius 2 is 1.80 bits per heavy atom. The normalized spacial score (nSPS) is 16.4. The van der Waals surface area contributed by atoms with Gasteiger partial charge in [-0.3, -0.25) is 9.78 Å². The van der Waals surface area contributed by atoms with Crippen molar-refractivity contribution in [3.63, 3.8) is 0 Å². The minimum atomic E-state index is -3.53. The van der Waals surface area contributed by atoms with Crippen molar-refractivity contribution in [2.24, 2.45) is 0 Å². The highest BCUT2D eigenvalue weighted by atomic mass is 32.2. The Kier molecular flexibility index (Phi) is 5.15. The maximum absolute atomic E-state index is 12.8. The summed E-state index contributed by atoms with van der Waals surface area (Å²) < 4.78 is 27.1. The van der Waals surface area contributed by atoms with Gasteiger partial charge < -0.3 is 4.90 Å². The van der Waals surface area contributed by atoms with Crippen LogP contribution in [-0.2, 0) is 10.0 Å². The van der Waals surface area contributed by atoms with E-state index in [0.29, 0.717) is 43.1 Å². The molecule has 1 aromatic heterocycles. The molecule has 25 heavy (non-hydrogen) atoms. The highest BCUT2D eigenvalue weighted by Crippen LogP contribution is 2.19. The molecule has 1 aromatic carbocycles. The first-order valence-electron chi connectivity index (χ1n) is 8.24. The number of rotatable bonds is 3. The van der Waals surface area contributed by atoms with Gasteiger partial charge in [-0.1, -0.05) is 17.7 Å². The summed E-state index contributed by atoms with van der Waals surface area (Å²) in [5.74, 6) is -0.109. The van der Waals surface area contributed by atoms with Gasteiger partial charge in [-0.25, -0.2) is 8.42 Å². The predicted molar refractivity (Wildman–Crippen MR) is 94.7 cm³/mol. The third kappa shape index (κ3) is 3.88. The van der Waals surface area contributed by atoms with Gasteiger partial charge in [0.25, 0.3) is 5.91 Å². The molecule has 6 nitrogen and oxygen atoms in total. The van der Waals surface area contributed by atoms with Crippen molar-refractivity contribution >= 4 is 15.9 Å². The molecule has 0 N–H and O–H groups in total. The van der Waals surface area contributed by atoms with Gasteiger partial charge in [-0.05, 0) is 37.6 Å². The van der Waals surface area contributed by atoms with Crippen LogP contribution < -0.4 is 0 Å². The molecule has 132 valence electrons. The number of amides is 1. The molecule has 7 heteroatoms. The zero-order chi connectivity index (χ0) is 17.9. The quantitative estimate of drug-likeness (QED) is 0.840. The minimum absolute atomic E-state index is 0.109. The molecule has 0 radical (unpaired) electrons. The lowest BCUT2D eigenvalue weighted by atomic mass is 10.2.